The molecule has 0 bridgehead atoms. The minimum Gasteiger partial charge on any atom is -0.326 e. The molecule has 0 saturated heterocycles. The summed E-state index contributed by atoms with van der Waals surface area (Å²) in [6.45, 7) is 0.951. The van der Waals surface area contributed by atoms with Gasteiger partial charge in [0.25, 0.3) is 0 Å². The van der Waals surface area contributed by atoms with Crippen molar-refractivity contribution >= 4 is 0 Å². The molecule has 0 amide bonds. The number of pyridine rings is 1. The summed E-state index contributed by atoms with van der Waals surface area (Å²) < 4.78 is 0. The van der Waals surface area contributed by atoms with Crippen LogP contribution in [-0.4, -0.2) is 29.0 Å². The normalized spacial score (nSPS) is 26.1. The molecule has 1 saturated carbocycles. The topological polar surface area (TPSA) is 42.2 Å². The highest BCUT2D eigenvalue weighted by atomic mass is 15.1. The van der Waals surface area contributed by atoms with Gasteiger partial charge in [0.05, 0.1) is 0 Å². The van der Waals surface area contributed by atoms with Crippen molar-refractivity contribution in [3.8, 4) is 0 Å². The summed E-state index contributed by atoms with van der Waals surface area (Å²) in [7, 11) is 2.16. The van der Waals surface area contributed by atoms with Gasteiger partial charge >= 0.3 is 0 Å². The lowest BCUT2D eigenvalue weighted by molar-refractivity contribution is 0.220. The number of hydrogen-bond donors (Lipinski definition) is 1. The third-order valence-corrected chi connectivity index (χ3v) is 3.25. The zero-order chi connectivity index (χ0) is 10.7. The van der Waals surface area contributed by atoms with Gasteiger partial charge < -0.3 is 5.73 Å². The Morgan fingerprint density at radius 2 is 2.40 bits per heavy atom. The highest BCUT2D eigenvalue weighted by Crippen LogP contribution is 2.22. The fourth-order valence-corrected chi connectivity index (χ4v) is 2.41. The Morgan fingerprint density at radius 1 is 1.53 bits per heavy atom. The van der Waals surface area contributed by atoms with Crippen LogP contribution in [-0.2, 0) is 6.54 Å². The van der Waals surface area contributed by atoms with Crippen molar-refractivity contribution < 1.29 is 0 Å². The van der Waals surface area contributed by atoms with Crippen LogP contribution >= 0.6 is 0 Å². The van der Waals surface area contributed by atoms with Crippen molar-refractivity contribution in [1.82, 2.24) is 9.88 Å². The molecule has 0 aliphatic heterocycles. The first kappa shape index (κ1) is 10.6. The molecule has 0 radical (unpaired) electrons. The van der Waals surface area contributed by atoms with Gasteiger partial charge in [-0.25, -0.2) is 0 Å². The van der Waals surface area contributed by atoms with E-state index in [0.29, 0.717) is 12.1 Å². The first-order valence-electron chi connectivity index (χ1n) is 5.62. The average Bonchev–Trinajstić information content (AvgIpc) is 2.66. The van der Waals surface area contributed by atoms with Crippen LogP contribution in [0.5, 0.6) is 0 Å². The Labute approximate surface area is 91.3 Å². The fourth-order valence-electron chi connectivity index (χ4n) is 2.41. The molecule has 15 heavy (non-hydrogen) atoms. The summed E-state index contributed by atoms with van der Waals surface area (Å²) in [5.74, 6) is 0. The molecular formula is C12H19N3. The molecule has 3 nitrogen and oxygen atoms in total. The number of aromatic nitrogens is 1. The van der Waals surface area contributed by atoms with Crippen LogP contribution in [0.2, 0.25) is 0 Å². The standard InChI is InChI=1S/C12H19N3/c1-15(12-6-2-5-11(12)13)9-10-4-3-7-14-8-10/h3-4,7-8,11-12H,2,5-6,9,13H2,1H3. The number of likely N-dealkylation sites (N-methyl/N-ethyl adjacent to an activating group) is 1. The Hall–Kier alpha value is -0.930. The van der Waals surface area contributed by atoms with Gasteiger partial charge in [-0.3, -0.25) is 9.88 Å². The average molecular weight is 205 g/mol. The van der Waals surface area contributed by atoms with Gasteiger partial charge in [-0.2, -0.15) is 0 Å². The first-order valence-corrected chi connectivity index (χ1v) is 5.62. The van der Waals surface area contributed by atoms with Crippen LogP contribution < -0.4 is 5.73 Å². The third-order valence-electron chi connectivity index (χ3n) is 3.25. The van der Waals surface area contributed by atoms with Crippen molar-refractivity contribution in [2.45, 2.75) is 37.9 Å². The lowest BCUT2D eigenvalue weighted by Crippen LogP contribution is -2.41. The van der Waals surface area contributed by atoms with Crippen LogP contribution in [0.15, 0.2) is 24.5 Å². The van der Waals surface area contributed by atoms with E-state index in [2.05, 4.69) is 23.0 Å². The molecule has 1 heterocycles. The quantitative estimate of drug-likeness (QED) is 0.811. The summed E-state index contributed by atoms with van der Waals surface area (Å²) in [6.07, 6.45) is 7.41. The van der Waals surface area contributed by atoms with Crippen LogP contribution in [0.1, 0.15) is 24.8 Å². The Bertz CT molecular complexity index is 299. The highest BCUT2D eigenvalue weighted by molar-refractivity contribution is 5.08. The Balaban J connectivity index is 1.94. The maximum Gasteiger partial charge on any atom is 0.0312 e. The largest absolute Gasteiger partial charge is 0.326 e. The molecule has 0 aromatic carbocycles. The van der Waals surface area contributed by atoms with E-state index in [4.69, 9.17) is 5.73 Å². The molecule has 0 spiro atoms. The van der Waals surface area contributed by atoms with Crippen LogP contribution in [0.25, 0.3) is 0 Å². The number of rotatable bonds is 3. The van der Waals surface area contributed by atoms with Crippen molar-refractivity contribution in [1.29, 1.82) is 0 Å². The summed E-state index contributed by atoms with van der Waals surface area (Å²) >= 11 is 0. The molecular weight excluding hydrogens is 186 g/mol. The minimum absolute atomic E-state index is 0.353. The number of nitrogens with two attached hydrogens (primary N) is 1. The van der Waals surface area contributed by atoms with Gasteiger partial charge in [0, 0.05) is 31.0 Å². The maximum absolute atomic E-state index is 6.08. The van der Waals surface area contributed by atoms with E-state index in [-0.39, 0.29) is 0 Å². The second-order valence-electron chi connectivity index (χ2n) is 4.44. The number of nitrogens with zero attached hydrogens (tertiary/aromatic N) is 2. The van der Waals surface area contributed by atoms with Gasteiger partial charge in [-0.15, -0.1) is 0 Å². The van der Waals surface area contributed by atoms with E-state index in [9.17, 15) is 0 Å². The van der Waals surface area contributed by atoms with Gasteiger partial charge in [-0.1, -0.05) is 12.5 Å². The molecule has 2 N–H and O–H groups in total. The van der Waals surface area contributed by atoms with E-state index in [1.807, 2.05) is 18.5 Å². The fraction of sp³-hybridized carbons (Fsp3) is 0.583. The second kappa shape index (κ2) is 4.73. The zero-order valence-electron chi connectivity index (χ0n) is 9.26. The van der Waals surface area contributed by atoms with Crippen molar-refractivity contribution in [2.75, 3.05) is 7.05 Å². The molecule has 1 aromatic rings. The summed E-state index contributed by atoms with van der Waals surface area (Å²) in [4.78, 5) is 6.48. The SMILES string of the molecule is CN(Cc1cccnc1)C1CCCC1N. The second-order valence-corrected chi connectivity index (χ2v) is 4.44. The molecule has 1 aliphatic rings. The summed E-state index contributed by atoms with van der Waals surface area (Å²) in [5, 5.41) is 0. The van der Waals surface area contributed by atoms with Crippen molar-refractivity contribution in [3.05, 3.63) is 30.1 Å². The Kier molecular flexibility index (Phi) is 3.34. The molecule has 1 fully saturated rings. The molecule has 3 heteroatoms. The lowest BCUT2D eigenvalue weighted by Gasteiger charge is -2.27. The highest BCUT2D eigenvalue weighted by Gasteiger charge is 2.27. The summed E-state index contributed by atoms with van der Waals surface area (Å²) in [5.41, 5.74) is 7.34. The van der Waals surface area contributed by atoms with E-state index in [1.54, 1.807) is 0 Å². The van der Waals surface area contributed by atoms with Gasteiger partial charge in [0.1, 0.15) is 0 Å². The molecule has 1 aliphatic carbocycles. The number of hydrogen-bond acceptors (Lipinski definition) is 3. The predicted octanol–water partition coefficient (Wildman–Crippen LogP) is 1.39. The Morgan fingerprint density at radius 3 is 3.00 bits per heavy atom. The molecule has 2 rings (SSSR count). The van der Waals surface area contributed by atoms with E-state index >= 15 is 0 Å². The van der Waals surface area contributed by atoms with Crippen LogP contribution in [0, 0.1) is 0 Å². The predicted molar refractivity (Wildman–Crippen MR) is 61.3 cm³/mol. The summed E-state index contributed by atoms with van der Waals surface area (Å²) in [6, 6.07) is 5.00. The maximum atomic E-state index is 6.08. The van der Waals surface area contributed by atoms with E-state index in [0.717, 1.165) is 6.54 Å². The smallest absolute Gasteiger partial charge is 0.0312 e. The van der Waals surface area contributed by atoms with Crippen LogP contribution in [0.4, 0.5) is 0 Å². The van der Waals surface area contributed by atoms with Crippen LogP contribution in [0.3, 0.4) is 0 Å². The first-order chi connectivity index (χ1) is 7.27. The van der Waals surface area contributed by atoms with E-state index in [1.165, 1.54) is 24.8 Å². The molecule has 1 aromatic heterocycles. The molecule has 2 atom stereocenters. The van der Waals surface area contributed by atoms with Crippen molar-refractivity contribution in [3.63, 3.8) is 0 Å². The lowest BCUT2D eigenvalue weighted by atomic mass is 10.1. The van der Waals surface area contributed by atoms with Gasteiger partial charge in [0.2, 0.25) is 0 Å². The van der Waals surface area contributed by atoms with Crippen molar-refractivity contribution in [2.24, 2.45) is 5.73 Å². The minimum atomic E-state index is 0.353. The monoisotopic (exact) mass is 205 g/mol. The van der Waals surface area contributed by atoms with Gasteiger partial charge in [0.15, 0.2) is 0 Å². The molecule has 2 unspecified atom stereocenters. The zero-order valence-corrected chi connectivity index (χ0v) is 9.26. The molecule has 82 valence electrons. The van der Waals surface area contributed by atoms with E-state index < -0.39 is 0 Å². The van der Waals surface area contributed by atoms with Gasteiger partial charge in [-0.05, 0) is 31.5 Å². The third kappa shape index (κ3) is 2.55.